The van der Waals surface area contributed by atoms with Gasteiger partial charge in [-0.3, -0.25) is 9.59 Å². The Bertz CT molecular complexity index is 1370. The van der Waals surface area contributed by atoms with E-state index in [2.05, 4.69) is 30.8 Å². The van der Waals surface area contributed by atoms with Gasteiger partial charge >= 0.3 is 0 Å². The number of nitrogens with one attached hydrogen (secondary N) is 4. The molecule has 0 spiro atoms. The van der Waals surface area contributed by atoms with Gasteiger partial charge in [-0.25, -0.2) is 4.98 Å². The van der Waals surface area contributed by atoms with Gasteiger partial charge in [-0.15, -0.1) is 0 Å². The van der Waals surface area contributed by atoms with E-state index < -0.39 is 17.1 Å². The maximum absolute atomic E-state index is 13.2. The molecule has 10 nitrogen and oxygen atoms in total. The zero-order valence-electron chi connectivity index (χ0n) is 21.9. The van der Waals surface area contributed by atoms with Gasteiger partial charge in [0.05, 0.1) is 23.2 Å². The molecule has 1 saturated heterocycles. The number of benzene rings is 1. The Hall–Kier alpha value is -4.05. The van der Waals surface area contributed by atoms with Crippen LogP contribution in [0.1, 0.15) is 42.6 Å². The van der Waals surface area contributed by atoms with E-state index in [1.54, 1.807) is 12.3 Å². The number of ether oxygens (including phenoxy) is 1. The summed E-state index contributed by atoms with van der Waals surface area (Å²) in [6, 6.07) is 9.25. The van der Waals surface area contributed by atoms with Crippen LogP contribution < -0.4 is 31.1 Å². The van der Waals surface area contributed by atoms with Crippen LogP contribution in [0.15, 0.2) is 47.5 Å². The topological polar surface area (TPSA) is 132 Å². The molecule has 5 N–H and O–H groups in total. The van der Waals surface area contributed by atoms with Crippen molar-refractivity contribution in [3.05, 3.63) is 64.2 Å². The average molecular weight is 519 g/mol. The van der Waals surface area contributed by atoms with Gasteiger partial charge in [0.25, 0.3) is 11.5 Å². The van der Waals surface area contributed by atoms with Crippen LogP contribution in [0.3, 0.4) is 0 Å². The molecule has 0 bridgehead atoms. The first-order valence-electron chi connectivity index (χ1n) is 12.9. The summed E-state index contributed by atoms with van der Waals surface area (Å²) in [4.78, 5) is 35.2. The number of fused-ring (bicyclic) bond motifs is 1. The van der Waals surface area contributed by atoms with Crippen LogP contribution in [0, 0.1) is 12.8 Å². The van der Waals surface area contributed by atoms with Crippen molar-refractivity contribution in [2.45, 2.75) is 39.2 Å². The smallest absolute Gasteiger partial charge is 0.263 e. The summed E-state index contributed by atoms with van der Waals surface area (Å²) >= 11 is 0. The predicted octanol–water partition coefficient (Wildman–Crippen LogP) is 3.87. The molecule has 3 aromatic rings. The van der Waals surface area contributed by atoms with E-state index in [1.807, 2.05) is 45.0 Å². The standard InChI is InChI=1S/C28H34N6O4/c1-17-22(16-31-27-24(17)29-12-15-38-27)33-21-8-11-30-25(35)23(21)26(36)32-19-4-6-20(7-5-19)34-13-9-18(10-14-34)28(2,3)37/h4-8,11,16,18,29,37H,9-10,12-15H2,1-3H3,(H,32,36)(H2,30,33,35). The fourth-order valence-corrected chi connectivity index (χ4v) is 5.09. The highest BCUT2D eigenvalue weighted by atomic mass is 16.5. The van der Waals surface area contributed by atoms with Gasteiger partial charge in [0, 0.05) is 42.8 Å². The molecule has 0 radical (unpaired) electrons. The van der Waals surface area contributed by atoms with Crippen LogP contribution in [-0.4, -0.2) is 52.8 Å². The molecule has 4 heterocycles. The van der Waals surface area contributed by atoms with Gasteiger partial charge in [-0.2, -0.15) is 0 Å². The maximum Gasteiger partial charge on any atom is 0.263 e. The van der Waals surface area contributed by atoms with E-state index >= 15 is 0 Å². The van der Waals surface area contributed by atoms with Gasteiger partial charge in [-0.05, 0) is 69.9 Å². The number of hydrogen-bond donors (Lipinski definition) is 5. The van der Waals surface area contributed by atoms with Crippen molar-refractivity contribution in [2.75, 3.05) is 47.1 Å². The molecule has 2 aliphatic rings. The Morgan fingerprint density at radius 2 is 1.89 bits per heavy atom. The summed E-state index contributed by atoms with van der Waals surface area (Å²) in [5.41, 5.74) is 3.18. The van der Waals surface area contributed by atoms with Crippen molar-refractivity contribution in [3.8, 4) is 5.88 Å². The number of anilines is 5. The Kier molecular flexibility index (Phi) is 6.98. The van der Waals surface area contributed by atoms with Crippen LogP contribution in [-0.2, 0) is 0 Å². The molecule has 10 heteroatoms. The van der Waals surface area contributed by atoms with Crippen molar-refractivity contribution >= 4 is 34.3 Å². The normalized spacial score (nSPS) is 15.7. The molecule has 1 fully saturated rings. The number of carbonyl (C=O) groups excluding carboxylic acids is 1. The van der Waals surface area contributed by atoms with E-state index in [9.17, 15) is 14.7 Å². The highest BCUT2D eigenvalue weighted by Gasteiger charge is 2.30. The van der Waals surface area contributed by atoms with Crippen molar-refractivity contribution < 1.29 is 14.6 Å². The Labute approximate surface area is 221 Å². The average Bonchev–Trinajstić information content (AvgIpc) is 2.90. The number of carbonyl (C=O) groups is 1. The number of piperidine rings is 1. The fraction of sp³-hybridized carbons (Fsp3) is 0.393. The number of hydrogen-bond acceptors (Lipinski definition) is 8. The van der Waals surface area contributed by atoms with Crippen molar-refractivity contribution in [1.29, 1.82) is 0 Å². The second-order valence-electron chi connectivity index (χ2n) is 10.4. The van der Waals surface area contributed by atoms with E-state index in [4.69, 9.17) is 4.74 Å². The van der Waals surface area contributed by atoms with Crippen LogP contribution in [0.4, 0.5) is 28.4 Å². The van der Waals surface area contributed by atoms with Crippen LogP contribution in [0.25, 0.3) is 0 Å². The molecular weight excluding hydrogens is 484 g/mol. The zero-order chi connectivity index (χ0) is 26.9. The third-order valence-corrected chi connectivity index (χ3v) is 7.39. The summed E-state index contributed by atoms with van der Waals surface area (Å²) < 4.78 is 5.59. The Balaban J connectivity index is 1.30. The monoisotopic (exact) mass is 518 g/mol. The first-order chi connectivity index (χ1) is 18.2. The largest absolute Gasteiger partial charge is 0.474 e. The first kappa shape index (κ1) is 25.6. The lowest BCUT2D eigenvalue weighted by atomic mass is 9.83. The van der Waals surface area contributed by atoms with Crippen LogP contribution in [0.5, 0.6) is 5.88 Å². The molecular formula is C28H34N6O4. The minimum absolute atomic E-state index is 0.0217. The van der Waals surface area contributed by atoms with E-state index in [0.29, 0.717) is 36.1 Å². The van der Waals surface area contributed by atoms with Crippen LogP contribution in [0.2, 0.25) is 0 Å². The third kappa shape index (κ3) is 5.31. The van der Waals surface area contributed by atoms with Gasteiger partial charge in [0.1, 0.15) is 17.9 Å². The molecule has 0 unspecified atom stereocenters. The van der Waals surface area contributed by atoms with Gasteiger partial charge < -0.3 is 35.7 Å². The molecule has 2 aliphatic heterocycles. The predicted molar refractivity (Wildman–Crippen MR) is 149 cm³/mol. The number of nitrogens with zero attached hydrogens (tertiary/aromatic N) is 2. The second-order valence-corrected chi connectivity index (χ2v) is 10.4. The number of aromatic amines is 1. The highest BCUT2D eigenvalue weighted by molar-refractivity contribution is 6.08. The van der Waals surface area contributed by atoms with E-state index in [1.165, 1.54) is 6.20 Å². The number of amides is 1. The molecule has 1 amide bonds. The van der Waals surface area contributed by atoms with Gasteiger partial charge in [-0.1, -0.05) is 0 Å². The minimum atomic E-state index is -0.663. The number of H-pyrrole nitrogens is 1. The molecule has 0 saturated carbocycles. The summed E-state index contributed by atoms with van der Waals surface area (Å²) in [6.45, 7) is 8.63. The molecule has 2 aromatic heterocycles. The molecule has 0 atom stereocenters. The van der Waals surface area contributed by atoms with Crippen molar-refractivity contribution in [2.24, 2.45) is 5.92 Å². The maximum atomic E-state index is 13.2. The lowest BCUT2D eigenvalue weighted by molar-refractivity contribution is 0.00651. The molecule has 1 aromatic carbocycles. The quantitative estimate of drug-likeness (QED) is 0.332. The molecule has 0 aliphatic carbocycles. The number of aliphatic hydroxyl groups is 1. The summed E-state index contributed by atoms with van der Waals surface area (Å²) in [7, 11) is 0. The first-order valence-corrected chi connectivity index (χ1v) is 12.9. The highest BCUT2D eigenvalue weighted by Crippen LogP contribution is 2.34. The number of aromatic nitrogens is 2. The van der Waals surface area contributed by atoms with Gasteiger partial charge in [0.15, 0.2) is 0 Å². The Morgan fingerprint density at radius 1 is 1.16 bits per heavy atom. The fourth-order valence-electron chi connectivity index (χ4n) is 5.09. The van der Waals surface area contributed by atoms with Crippen LogP contribution >= 0.6 is 0 Å². The summed E-state index contributed by atoms with van der Waals surface area (Å²) in [5.74, 6) is 0.306. The van der Waals surface area contributed by atoms with E-state index in [-0.39, 0.29) is 11.5 Å². The Morgan fingerprint density at radius 3 is 2.61 bits per heavy atom. The van der Waals surface area contributed by atoms with Gasteiger partial charge in [0.2, 0.25) is 5.88 Å². The third-order valence-electron chi connectivity index (χ3n) is 7.39. The lowest BCUT2D eigenvalue weighted by Crippen LogP contribution is -2.41. The summed E-state index contributed by atoms with van der Waals surface area (Å²) in [6.07, 6.45) is 4.99. The lowest BCUT2D eigenvalue weighted by Gasteiger charge is -2.38. The van der Waals surface area contributed by atoms with Crippen molar-refractivity contribution in [1.82, 2.24) is 9.97 Å². The molecule has 5 rings (SSSR count). The second kappa shape index (κ2) is 10.4. The molecule has 200 valence electrons. The molecule has 38 heavy (non-hydrogen) atoms. The van der Waals surface area contributed by atoms with E-state index in [0.717, 1.165) is 42.9 Å². The minimum Gasteiger partial charge on any atom is -0.474 e. The zero-order valence-corrected chi connectivity index (χ0v) is 21.9. The number of pyridine rings is 2. The van der Waals surface area contributed by atoms with Crippen molar-refractivity contribution in [3.63, 3.8) is 0 Å². The number of rotatable bonds is 6. The SMILES string of the molecule is Cc1c(Nc2cc[nH]c(=O)c2C(=O)Nc2ccc(N3CCC(C(C)(C)O)CC3)cc2)cnc2c1NCCO2. The summed E-state index contributed by atoms with van der Waals surface area (Å²) in [5, 5.41) is 19.6.